The van der Waals surface area contributed by atoms with Crippen molar-refractivity contribution < 1.29 is 24.2 Å². The van der Waals surface area contributed by atoms with Gasteiger partial charge in [-0.2, -0.15) is 5.10 Å². The summed E-state index contributed by atoms with van der Waals surface area (Å²) in [4.78, 5) is 26.2. The molecule has 5 aromatic rings. The first-order valence-corrected chi connectivity index (χ1v) is 12.6. The van der Waals surface area contributed by atoms with Crippen molar-refractivity contribution in [2.45, 2.75) is 5.60 Å². The van der Waals surface area contributed by atoms with Crippen LogP contribution in [0, 0.1) is 0 Å². The highest BCUT2D eigenvalue weighted by atomic mass is 16.6. The Balaban J connectivity index is 1.33. The van der Waals surface area contributed by atoms with Gasteiger partial charge < -0.3 is 14.6 Å². The largest absolute Gasteiger partial charge is 0.493 e. The van der Waals surface area contributed by atoms with Gasteiger partial charge in [-0.1, -0.05) is 97.1 Å². The molecule has 2 N–H and O–H groups in total. The van der Waals surface area contributed by atoms with Crippen LogP contribution in [-0.4, -0.2) is 30.3 Å². The van der Waals surface area contributed by atoms with Crippen LogP contribution in [0.25, 0.3) is 10.8 Å². The molecule has 5 aromatic carbocycles. The van der Waals surface area contributed by atoms with Crippen molar-refractivity contribution in [1.29, 1.82) is 0 Å². The molecular formula is C33H26N2O5. The van der Waals surface area contributed by atoms with Crippen LogP contribution in [0.5, 0.6) is 11.5 Å². The van der Waals surface area contributed by atoms with E-state index in [0.29, 0.717) is 28.0 Å². The van der Waals surface area contributed by atoms with Crippen LogP contribution in [-0.2, 0) is 10.4 Å². The van der Waals surface area contributed by atoms with Crippen molar-refractivity contribution in [2.75, 3.05) is 7.11 Å². The maximum Gasteiger partial charge on any atom is 0.344 e. The molecule has 0 saturated carbocycles. The van der Waals surface area contributed by atoms with Crippen LogP contribution >= 0.6 is 0 Å². The summed E-state index contributed by atoms with van der Waals surface area (Å²) >= 11 is 0. The zero-order valence-corrected chi connectivity index (χ0v) is 21.7. The molecule has 0 atom stereocenters. The molecule has 0 aliphatic carbocycles. The van der Waals surface area contributed by atoms with E-state index in [1.54, 1.807) is 91.0 Å². The number of hydrogen-bond donors (Lipinski definition) is 2. The Morgan fingerprint density at radius 1 is 0.775 bits per heavy atom. The standard InChI is InChI=1S/C33H26N2O5/c1-39-30-21-23(19-20-29(30)40-31(36)28-18-10-12-24-11-8-9-17-27(24)28)22-34-35-32(37)33(38,25-13-4-2-5-14-25)26-15-6-3-7-16-26/h2-22,38H,1H3,(H,35,37)/b34-22-. The second kappa shape index (κ2) is 11.6. The van der Waals surface area contributed by atoms with E-state index in [0.717, 1.165) is 10.8 Å². The van der Waals surface area contributed by atoms with Crippen molar-refractivity contribution in [2.24, 2.45) is 5.10 Å². The Bertz CT molecular complexity index is 1640. The molecule has 0 aromatic heterocycles. The van der Waals surface area contributed by atoms with Crippen molar-refractivity contribution in [3.63, 3.8) is 0 Å². The minimum atomic E-state index is -1.95. The molecule has 0 radical (unpaired) electrons. The highest BCUT2D eigenvalue weighted by Gasteiger charge is 2.39. The van der Waals surface area contributed by atoms with E-state index in [-0.39, 0.29) is 5.75 Å². The fourth-order valence-electron chi connectivity index (χ4n) is 4.44. The summed E-state index contributed by atoms with van der Waals surface area (Å²) < 4.78 is 11.1. The van der Waals surface area contributed by atoms with Crippen molar-refractivity contribution in [3.8, 4) is 11.5 Å². The number of ether oxygens (including phenoxy) is 2. The van der Waals surface area contributed by atoms with Gasteiger partial charge in [0.25, 0.3) is 5.91 Å². The summed E-state index contributed by atoms with van der Waals surface area (Å²) in [5.74, 6) is -0.670. The van der Waals surface area contributed by atoms with Gasteiger partial charge in [-0.05, 0) is 51.7 Å². The summed E-state index contributed by atoms with van der Waals surface area (Å²) in [6, 6.07) is 35.3. The molecule has 0 aliphatic rings. The van der Waals surface area contributed by atoms with E-state index >= 15 is 0 Å². The van der Waals surface area contributed by atoms with Gasteiger partial charge >= 0.3 is 5.97 Å². The lowest BCUT2D eigenvalue weighted by atomic mass is 9.85. The number of aliphatic hydroxyl groups is 1. The van der Waals surface area contributed by atoms with E-state index in [1.165, 1.54) is 13.3 Å². The van der Waals surface area contributed by atoms with Gasteiger partial charge in [0.05, 0.1) is 18.9 Å². The Hall–Kier alpha value is -5.27. The minimum Gasteiger partial charge on any atom is -0.493 e. The van der Waals surface area contributed by atoms with E-state index in [9.17, 15) is 14.7 Å². The van der Waals surface area contributed by atoms with Gasteiger partial charge in [-0.3, -0.25) is 4.79 Å². The van der Waals surface area contributed by atoms with E-state index < -0.39 is 17.5 Å². The van der Waals surface area contributed by atoms with Crippen LogP contribution < -0.4 is 14.9 Å². The van der Waals surface area contributed by atoms with Crippen LogP contribution in [0.4, 0.5) is 0 Å². The third-order valence-corrected chi connectivity index (χ3v) is 6.49. The Morgan fingerprint density at radius 3 is 2.08 bits per heavy atom. The molecular weight excluding hydrogens is 504 g/mol. The predicted molar refractivity (Wildman–Crippen MR) is 154 cm³/mol. The lowest BCUT2D eigenvalue weighted by Crippen LogP contribution is -2.43. The number of fused-ring (bicyclic) bond motifs is 1. The third kappa shape index (κ3) is 5.32. The number of methoxy groups -OCH3 is 1. The molecule has 7 heteroatoms. The van der Waals surface area contributed by atoms with Crippen LogP contribution in [0.15, 0.2) is 126 Å². The lowest BCUT2D eigenvalue weighted by Gasteiger charge is -2.27. The number of hydrogen-bond acceptors (Lipinski definition) is 6. The minimum absolute atomic E-state index is 0.240. The fourth-order valence-corrected chi connectivity index (χ4v) is 4.44. The number of nitrogens with zero attached hydrogens (tertiary/aromatic N) is 1. The molecule has 7 nitrogen and oxygen atoms in total. The van der Waals surface area contributed by atoms with E-state index in [2.05, 4.69) is 10.5 Å². The Labute approximate surface area is 231 Å². The van der Waals surface area contributed by atoms with Gasteiger partial charge in [0, 0.05) is 0 Å². The topological polar surface area (TPSA) is 97.2 Å². The molecule has 0 fully saturated rings. The molecule has 0 saturated heterocycles. The summed E-state index contributed by atoms with van der Waals surface area (Å²) in [5, 5.41) is 17.3. The quantitative estimate of drug-likeness (QED) is 0.120. The Kier molecular flexibility index (Phi) is 7.66. The molecule has 0 bridgehead atoms. The summed E-state index contributed by atoms with van der Waals surface area (Å²) in [5.41, 5.74) is 2.34. The smallest absolute Gasteiger partial charge is 0.344 e. The molecule has 40 heavy (non-hydrogen) atoms. The van der Waals surface area contributed by atoms with Crippen LogP contribution in [0.2, 0.25) is 0 Å². The molecule has 1 amide bonds. The third-order valence-electron chi connectivity index (χ3n) is 6.49. The molecule has 0 aliphatic heterocycles. The molecule has 0 unspecified atom stereocenters. The molecule has 198 valence electrons. The van der Waals surface area contributed by atoms with Gasteiger partial charge in [-0.15, -0.1) is 0 Å². The second-order valence-corrected chi connectivity index (χ2v) is 8.97. The first-order valence-electron chi connectivity index (χ1n) is 12.6. The van der Waals surface area contributed by atoms with Gasteiger partial charge in [0.1, 0.15) is 0 Å². The maximum absolute atomic E-state index is 13.2. The zero-order valence-electron chi connectivity index (χ0n) is 21.7. The monoisotopic (exact) mass is 530 g/mol. The molecule has 0 spiro atoms. The van der Waals surface area contributed by atoms with Crippen molar-refractivity contribution >= 4 is 28.9 Å². The Morgan fingerprint density at radius 2 is 1.40 bits per heavy atom. The lowest BCUT2D eigenvalue weighted by molar-refractivity contribution is -0.136. The average molecular weight is 531 g/mol. The highest BCUT2D eigenvalue weighted by molar-refractivity contribution is 6.05. The predicted octanol–water partition coefficient (Wildman–Crippen LogP) is 5.45. The fraction of sp³-hybridized carbons (Fsp3) is 0.0606. The van der Waals surface area contributed by atoms with Crippen molar-refractivity contribution in [3.05, 3.63) is 144 Å². The summed E-state index contributed by atoms with van der Waals surface area (Å²) in [6.07, 6.45) is 1.41. The number of nitrogens with one attached hydrogen (secondary N) is 1. The number of rotatable bonds is 8. The zero-order chi connectivity index (χ0) is 28.0. The highest BCUT2D eigenvalue weighted by Crippen LogP contribution is 2.31. The molecule has 5 rings (SSSR count). The number of carbonyl (C=O) groups is 2. The number of benzene rings is 5. The summed E-state index contributed by atoms with van der Waals surface area (Å²) in [6.45, 7) is 0. The molecule has 0 heterocycles. The van der Waals surface area contributed by atoms with Gasteiger partial charge in [0.2, 0.25) is 0 Å². The first kappa shape index (κ1) is 26.3. The van der Waals surface area contributed by atoms with Crippen LogP contribution in [0.1, 0.15) is 27.0 Å². The number of amides is 1. The van der Waals surface area contributed by atoms with E-state index in [1.807, 2.05) is 30.3 Å². The van der Waals surface area contributed by atoms with Crippen LogP contribution in [0.3, 0.4) is 0 Å². The van der Waals surface area contributed by atoms with Crippen molar-refractivity contribution in [1.82, 2.24) is 5.43 Å². The van der Waals surface area contributed by atoms with Gasteiger partial charge in [-0.25, -0.2) is 10.2 Å². The van der Waals surface area contributed by atoms with Gasteiger partial charge in [0.15, 0.2) is 17.1 Å². The second-order valence-electron chi connectivity index (χ2n) is 8.97. The number of hydrazone groups is 1. The number of esters is 1. The normalized spacial score (nSPS) is 11.3. The number of carbonyl (C=O) groups excluding carboxylic acids is 2. The van der Waals surface area contributed by atoms with E-state index in [4.69, 9.17) is 9.47 Å². The average Bonchev–Trinajstić information content (AvgIpc) is 3.01. The SMILES string of the molecule is COc1cc(/C=N\NC(=O)C(O)(c2ccccc2)c2ccccc2)ccc1OC(=O)c1cccc2ccccc12. The summed E-state index contributed by atoms with van der Waals surface area (Å²) in [7, 11) is 1.47. The first-order chi connectivity index (χ1) is 19.5. The maximum atomic E-state index is 13.2.